The number of hydrogen-bond acceptors (Lipinski definition) is 14. The third-order valence-electron chi connectivity index (χ3n) is 12.6. The lowest BCUT2D eigenvalue weighted by Crippen LogP contribution is -2.61. The first-order valence-electron chi connectivity index (χ1n) is 26.6. The molecular formula is C53H96O14. The number of rotatable bonds is 42. The Kier molecular flexibility index (Phi) is 37.4. The van der Waals surface area contributed by atoms with Crippen LogP contribution in [-0.4, -0.2) is 142 Å². The van der Waals surface area contributed by atoms with Crippen LogP contribution in [0.5, 0.6) is 0 Å². The summed E-state index contributed by atoms with van der Waals surface area (Å²) in [5.74, 6) is -0.383. The molecule has 0 aromatic carbocycles. The fourth-order valence-electron chi connectivity index (χ4n) is 8.24. The van der Waals surface area contributed by atoms with Crippen LogP contribution in [0, 0.1) is 0 Å². The van der Waals surface area contributed by atoms with Gasteiger partial charge in [0.25, 0.3) is 0 Å². The molecule has 0 spiro atoms. The van der Waals surface area contributed by atoms with Crippen molar-refractivity contribution < 1.29 is 69.0 Å². The van der Waals surface area contributed by atoms with Gasteiger partial charge in [-0.3, -0.25) is 4.79 Å². The minimum absolute atomic E-state index is 0.0562. The second kappa shape index (κ2) is 40.9. The lowest BCUT2D eigenvalue weighted by atomic mass is 9.98. The normalized spacial score (nSPS) is 26.3. The Balaban J connectivity index is 1.73. The molecule has 2 saturated heterocycles. The molecule has 0 radical (unpaired) electrons. The number of carbonyl (C=O) groups excluding carboxylic acids is 1. The number of carbonyl (C=O) groups is 1. The van der Waals surface area contributed by atoms with E-state index in [-0.39, 0.29) is 25.6 Å². The molecule has 392 valence electrons. The van der Waals surface area contributed by atoms with E-state index in [4.69, 9.17) is 28.4 Å². The van der Waals surface area contributed by atoms with Crippen molar-refractivity contribution in [3.63, 3.8) is 0 Å². The van der Waals surface area contributed by atoms with Gasteiger partial charge >= 0.3 is 5.97 Å². The maximum Gasteiger partial charge on any atom is 0.306 e. The first-order chi connectivity index (χ1) is 32.6. The highest BCUT2D eigenvalue weighted by Crippen LogP contribution is 2.26. The largest absolute Gasteiger partial charge is 0.457 e. The molecule has 2 aliphatic rings. The third kappa shape index (κ3) is 28.6. The fourth-order valence-corrected chi connectivity index (χ4v) is 8.24. The molecule has 14 nitrogen and oxygen atoms in total. The molecule has 0 amide bonds. The van der Waals surface area contributed by atoms with Crippen LogP contribution < -0.4 is 0 Å². The molecule has 67 heavy (non-hydrogen) atoms. The van der Waals surface area contributed by atoms with Crippen LogP contribution in [0.2, 0.25) is 0 Å². The zero-order valence-corrected chi connectivity index (χ0v) is 41.6. The van der Waals surface area contributed by atoms with Gasteiger partial charge < -0.3 is 64.2 Å². The van der Waals surface area contributed by atoms with E-state index in [1.54, 1.807) is 0 Å². The Morgan fingerprint density at radius 2 is 0.940 bits per heavy atom. The summed E-state index contributed by atoms with van der Waals surface area (Å²) in [5, 5.41) is 72.1. The van der Waals surface area contributed by atoms with Crippen LogP contribution in [0.4, 0.5) is 0 Å². The van der Waals surface area contributed by atoms with Crippen molar-refractivity contribution in [2.24, 2.45) is 0 Å². The predicted molar refractivity (Wildman–Crippen MR) is 261 cm³/mol. The van der Waals surface area contributed by atoms with Crippen LogP contribution >= 0.6 is 0 Å². The summed E-state index contributed by atoms with van der Waals surface area (Å²) in [7, 11) is 0. The van der Waals surface area contributed by atoms with E-state index in [0.717, 1.165) is 64.2 Å². The molecule has 11 atom stereocenters. The summed E-state index contributed by atoms with van der Waals surface area (Å²) in [6, 6.07) is 0. The van der Waals surface area contributed by atoms with Gasteiger partial charge in [0.1, 0.15) is 54.9 Å². The Hall–Kier alpha value is -1.79. The number of aliphatic hydroxyl groups is 7. The number of ether oxygens (including phenoxy) is 6. The van der Waals surface area contributed by atoms with Crippen LogP contribution in [-0.2, 0) is 33.2 Å². The highest BCUT2D eigenvalue weighted by Gasteiger charge is 2.47. The molecule has 11 unspecified atom stereocenters. The molecule has 0 bridgehead atoms. The first-order valence-corrected chi connectivity index (χ1v) is 26.6. The average molecular weight is 957 g/mol. The quantitative estimate of drug-likeness (QED) is 0.0175. The van der Waals surface area contributed by atoms with Crippen LogP contribution in [0.15, 0.2) is 36.5 Å². The van der Waals surface area contributed by atoms with Crippen LogP contribution in [0.3, 0.4) is 0 Å². The van der Waals surface area contributed by atoms with Gasteiger partial charge in [0.05, 0.1) is 26.4 Å². The fraction of sp³-hybridized carbons (Fsp3) is 0.868. The Morgan fingerprint density at radius 1 is 0.493 bits per heavy atom. The van der Waals surface area contributed by atoms with Gasteiger partial charge in [-0.15, -0.1) is 0 Å². The molecule has 0 saturated carbocycles. The Labute approximate surface area is 404 Å². The minimum atomic E-state index is -1.71. The monoisotopic (exact) mass is 957 g/mol. The average Bonchev–Trinajstić information content (AvgIpc) is 3.32. The van der Waals surface area contributed by atoms with Gasteiger partial charge in [-0.2, -0.15) is 0 Å². The van der Waals surface area contributed by atoms with E-state index in [1.807, 2.05) is 0 Å². The van der Waals surface area contributed by atoms with E-state index in [1.165, 1.54) is 103 Å². The lowest BCUT2D eigenvalue weighted by Gasteiger charge is -2.42. The van der Waals surface area contributed by atoms with E-state index < -0.39 is 80.7 Å². The number of allylic oxidation sites excluding steroid dienone is 6. The maximum atomic E-state index is 13.0. The van der Waals surface area contributed by atoms with E-state index in [9.17, 15) is 40.5 Å². The van der Waals surface area contributed by atoms with Gasteiger partial charge in [0, 0.05) is 13.0 Å². The van der Waals surface area contributed by atoms with Crippen molar-refractivity contribution in [1.82, 2.24) is 0 Å². The Morgan fingerprint density at radius 3 is 1.49 bits per heavy atom. The minimum Gasteiger partial charge on any atom is -0.457 e. The SMILES string of the molecule is CCCC/C=C\CCCCCCCCOCC(COC1OC(COC2OC(CO)C(O)C(O)C2O)C(O)C(O)C1O)OC(=O)CCCCCCCCCCC/C=C\C/C=C\CCCCCCC. The predicted octanol–water partition coefficient (Wildman–Crippen LogP) is 8.19. The molecular weight excluding hydrogens is 861 g/mol. The summed E-state index contributed by atoms with van der Waals surface area (Å²) >= 11 is 0. The molecule has 2 fully saturated rings. The summed E-state index contributed by atoms with van der Waals surface area (Å²) < 4.78 is 34.3. The number of esters is 1. The molecule has 14 heteroatoms. The van der Waals surface area contributed by atoms with E-state index >= 15 is 0 Å². The summed E-state index contributed by atoms with van der Waals surface area (Å²) in [4.78, 5) is 13.0. The molecule has 2 heterocycles. The Bertz CT molecular complexity index is 1250. The van der Waals surface area contributed by atoms with Gasteiger partial charge in [-0.05, 0) is 64.2 Å². The van der Waals surface area contributed by atoms with Gasteiger partial charge in [0.2, 0.25) is 0 Å². The molecule has 2 aliphatic heterocycles. The number of hydrogen-bond donors (Lipinski definition) is 7. The summed E-state index contributed by atoms with van der Waals surface area (Å²) in [5.41, 5.74) is 0. The summed E-state index contributed by atoms with van der Waals surface area (Å²) in [6.07, 6.45) is 29.2. The number of unbranched alkanes of at least 4 members (excludes halogenated alkanes) is 22. The second-order valence-electron chi connectivity index (χ2n) is 18.7. The standard InChI is InChI=1S/C53H96O14/c1-3-5-7-9-11-13-15-17-18-19-20-21-22-23-24-25-26-28-30-32-34-36-45(55)65-42(39-62-37-35-33-31-29-27-16-14-12-10-8-6-4-2)40-63-52-51(61)49(59)47(57)44(67-52)41-64-53-50(60)48(58)46(56)43(38-54)66-53/h10,12,15,17,19-20,42-44,46-54,56-61H,3-9,11,13-14,16,18,21-41H2,1-2H3/b12-10-,17-15-,20-19-. The van der Waals surface area contributed by atoms with Crippen molar-refractivity contribution in [2.45, 2.75) is 261 Å². The van der Waals surface area contributed by atoms with Crippen molar-refractivity contribution in [3.05, 3.63) is 36.5 Å². The maximum absolute atomic E-state index is 13.0. The number of aliphatic hydroxyl groups excluding tert-OH is 7. The summed E-state index contributed by atoms with van der Waals surface area (Å²) in [6.45, 7) is 3.63. The second-order valence-corrected chi connectivity index (χ2v) is 18.7. The zero-order chi connectivity index (χ0) is 48.7. The lowest BCUT2D eigenvalue weighted by molar-refractivity contribution is -0.332. The highest BCUT2D eigenvalue weighted by atomic mass is 16.7. The molecule has 0 aromatic heterocycles. The van der Waals surface area contributed by atoms with Crippen LogP contribution in [0.1, 0.15) is 194 Å². The molecule has 2 rings (SSSR count). The smallest absolute Gasteiger partial charge is 0.306 e. The van der Waals surface area contributed by atoms with Crippen LogP contribution in [0.25, 0.3) is 0 Å². The van der Waals surface area contributed by atoms with Crippen molar-refractivity contribution in [1.29, 1.82) is 0 Å². The van der Waals surface area contributed by atoms with Crippen molar-refractivity contribution in [3.8, 4) is 0 Å². The third-order valence-corrected chi connectivity index (χ3v) is 12.6. The van der Waals surface area contributed by atoms with Gasteiger partial charge in [-0.25, -0.2) is 0 Å². The molecule has 7 N–H and O–H groups in total. The van der Waals surface area contributed by atoms with Crippen molar-refractivity contribution in [2.75, 3.05) is 33.0 Å². The topological polar surface area (TPSA) is 214 Å². The van der Waals surface area contributed by atoms with E-state index in [0.29, 0.717) is 13.0 Å². The molecule has 0 aliphatic carbocycles. The van der Waals surface area contributed by atoms with E-state index in [2.05, 4.69) is 50.3 Å². The first kappa shape index (κ1) is 61.3. The highest BCUT2D eigenvalue weighted by molar-refractivity contribution is 5.69. The van der Waals surface area contributed by atoms with Crippen molar-refractivity contribution >= 4 is 5.97 Å². The molecule has 0 aromatic rings. The zero-order valence-electron chi connectivity index (χ0n) is 41.6. The van der Waals surface area contributed by atoms with Gasteiger partial charge in [-0.1, -0.05) is 159 Å². The van der Waals surface area contributed by atoms with Gasteiger partial charge in [0.15, 0.2) is 12.6 Å².